The minimum atomic E-state index is -4.38. The summed E-state index contributed by atoms with van der Waals surface area (Å²) >= 11 is 0. The molecule has 0 spiro atoms. The van der Waals surface area contributed by atoms with Crippen molar-refractivity contribution in [1.82, 2.24) is 5.32 Å². The number of nitrogens with zero attached hydrogens (tertiary/aromatic N) is 1. The van der Waals surface area contributed by atoms with E-state index in [1.165, 1.54) is 25.1 Å². The SMILES string of the molecule is CC(=O)NC(C)(C)CC1CN(S(=O)(=O)c2ccc(F)c(F)c2)c2cc(NC(=O)OC(C)(C)C)ccc2O1. The van der Waals surface area contributed by atoms with Gasteiger partial charge in [-0.1, -0.05) is 0 Å². The lowest BCUT2D eigenvalue weighted by Crippen LogP contribution is -2.50. The number of amides is 2. The molecule has 2 aromatic rings. The molecule has 1 aliphatic rings. The fraction of sp³-hybridized carbons (Fsp3) is 0.440. The van der Waals surface area contributed by atoms with Crippen LogP contribution in [-0.4, -0.2) is 44.2 Å². The van der Waals surface area contributed by atoms with Crippen molar-refractivity contribution < 1.29 is 36.3 Å². The Kier molecular flexibility index (Phi) is 7.73. The van der Waals surface area contributed by atoms with E-state index < -0.39 is 49.9 Å². The third kappa shape index (κ3) is 7.09. The predicted octanol–water partition coefficient (Wildman–Crippen LogP) is 4.57. The van der Waals surface area contributed by atoms with Crippen molar-refractivity contribution in [2.75, 3.05) is 16.2 Å². The van der Waals surface area contributed by atoms with Crippen LogP contribution in [0.4, 0.5) is 25.0 Å². The van der Waals surface area contributed by atoms with E-state index in [1.54, 1.807) is 34.6 Å². The van der Waals surface area contributed by atoms with Crippen molar-refractivity contribution in [1.29, 1.82) is 0 Å². The first-order chi connectivity index (χ1) is 17.0. The van der Waals surface area contributed by atoms with Crippen LogP contribution in [-0.2, 0) is 19.6 Å². The maximum Gasteiger partial charge on any atom is 0.412 e. The van der Waals surface area contributed by atoms with Crippen molar-refractivity contribution >= 4 is 33.4 Å². The van der Waals surface area contributed by atoms with Crippen LogP contribution in [0.5, 0.6) is 5.75 Å². The Balaban J connectivity index is 2.02. The number of halogens is 2. The van der Waals surface area contributed by atoms with Crippen LogP contribution < -0.4 is 19.7 Å². The van der Waals surface area contributed by atoms with Crippen LogP contribution >= 0.6 is 0 Å². The van der Waals surface area contributed by atoms with E-state index in [2.05, 4.69) is 10.6 Å². The molecule has 202 valence electrons. The van der Waals surface area contributed by atoms with Crippen LogP contribution in [0, 0.1) is 11.6 Å². The number of rotatable bonds is 6. The van der Waals surface area contributed by atoms with Crippen LogP contribution in [0.2, 0.25) is 0 Å². The quantitative estimate of drug-likeness (QED) is 0.556. The van der Waals surface area contributed by atoms with Gasteiger partial charge in [0, 0.05) is 24.6 Å². The number of fused-ring (bicyclic) bond motifs is 1. The van der Waals surface area contributed by atoms with Crippen LogP contribution in [0.3, 0.4) is 0 Å². The number of carbonyl (C=O) groups is 2. The topological polar surface area (TPSA) is 114 Å². The lowest BCUT2D eigenvalue weighted by atomic mass is 9.95. The molecule has 0 fully saturated rings. The largest absolute Gasteiger partial charge is 0.486 e. The van der Waals surface area contributed by atoms with Crippen LogP contribution in [0.1, 0.15) is 48.0 Å². The van der Waals surface area contributed by atoms with Crippen molar-refractivity contribution in [3.8, 4) is 5.75 Å². The summed E-state index contributed by atoms with van der Waals surface area (Å²) in [5.41, 5.74) is -1.16. The van der Waals surface area contributed by atoms with Gasteiger partial charge in [0.05, 0.1) is 17.1 Å². The van der Waals surface area contributed by atoms with E-state index in [4.69, 9.17) is 9.47 Å². The summed E-state index contributed by atoms with van der Waals surface area (Å²) in [6.45, 7) is 9.83. The molecule has 0 aromatic heterocycles. The average Bonchev–Trinajstić information content (AvgIpc) is 2.72. The fourth-order valence-corrected chi connectivity index (χ4v) is 5.52. The van der Waals surface area contributed by atoms with Crippen molar-refractivity contribution in [3.63, 3.8) is 0 Å². The normalized spacial score (nSPS) is 15.9. The number of anilines is 2. The molecule has 1 aliphatic heterocycles. The molecule has 1 atom stereocenters. The maximum atomic E-state index is 14.0. The molecule has 9 nitrogen and oxygen atoms in total. The van der Waals surface area contributed by atoms with Gasteiger partial charge in [0.1, 0.15) is 17.5 Å². The molecule has 12 heteroatoms. The van der Waals surface area contributed by atoms with Gasteiger partial charge >= 0.3 is 6.09 Å². The monoisotopic (exact) mass is 539 g/mol. The minimum Gasteiger partial charge on any atom is -0.486 e. The van der Waals surface area contributed by atoms with Gasteiger partial charge in [0.2, 0.25) is 5.91 Å². The second kappa shape index (κ2) is 10.2. The Morgan fingerprint density at radius 1 is 1.08 bits per heavy atom. The summed E-state index contributed by atoms with van der Waals surface area (Å²) in [5, 5.41) is 5.35. The summed E-state index contributed by atoms with van der Waals surface area (Å²) in [7, 11) is -4.38. The molecule has 0 saturated carbocycles. The first-order valence-corrected chi connectivity index (χ1v) is 13.0. The highest BCUT2D eigenvalue weighted by Gasteiger charge is 2.38. The third-order valence-electron chi connectivity index (χ3n) is 5.27. The molecule has 0 bridgehead atoms. The molecule has 2 amide bonds. The summed E-state index contributed by atoms with van der Waals surface area (Å²) in [6, 6.07) is 6.73. The third-order valence-corrected chi connectivity index (χ3v) is 7.04. The smallest absolute Gasteiger partial charge is 0.412 e. The Morgan fingerprint density at radius 3 is 2.35 bits per heavy atom. The number of nitrogens with one attached hydrogen (secondary N) is 2. The van der Waals surface area contributed by atoms with Crippen molar-refractivity contribution in [2.45, 2.75) is 70.1 Å². The van der Waals surface area contributed by atoms with Gasteiger partial charge in [-0.2, -0.15) is 0 Å². The van der Waals surface area contributed by atoms with Gasteiger partial charge in [-0.25, -0.2) is 22.0 Å². The molecule has 0 aliphatic carbocycles. The highest BCUT2D eigenvalue weighted by atomic mass is 32.2. The molecule has 1 unspecified atom stereocenters. The Labute approximate surface area is 215 Å². The molecule has 3 rings (SSSR count). The van der Waals surface area contributed by atoms with E-state index in [0.29, 0.717) is 6.07 Å². The Bertz CT molecular complexity index is 1310. The number of sulfonamides is 1. The highest BCUT2D eigenvalue weighted by molar-refractivity contribution is 7.92. The molecular formula is C25H31F2N3O6S. The molecule has 37 heavy (non-hydrogen) atoms. The molecule has 0 saturated heterocycles. The second-order valence-corrected chi connectivity index (χ2v) is 12.3. The lowest BCUT2D eigenvalue weighted by Gasteiger charge is -2.39. The molecule has 0 radical (unpaired) electrons. The number of hydrogen-bond donors (Lipinski definition) is 2. The van der Waals surface area contributed by atoms with Crippen LogP contribution in [0.25, 0.3) is 0 Å². The fourth-order valence-electron chi connectivity index (χ4n) is 4.01. The summed E-state index contributed by atoms with van der Waals surface area (Å²) in [5.74, 6) is -2.56. The van der Waals surface area contributed by atoms with E-state index in [9.17, 15) is 26.8 Å². The highest BCUT2D eigenvalue weighted by Crippen LogP contribution is 2.40. The number of hydrogen-bond acceptors (Lipinski definition) is 6. The van der Waals surface area contributed by atoms with E-state index >= 15 is 0 Å². The molecule has 2 aromatic carbocycles. The maximum absolute atomic E-state index is 14.0. The van der Waals surface area contributed by atoms with Crippen LogP contribution in [0.15, 0.2) is 41.3 Å². The zero-order chi connectivity index (χ0) is 27.8. The van der Waals surface area contributed by atoms with E-state index in [1.807, 2.05) is 0 Å². The molecule has 2 N–H and O–H groups in total. The first kappa shape index (κ1) is 28.2. The zero-order valence-corrected chi connectivity index (χ0v) is 22.3. The number of ether oxygens (including phenoxy) is 2. The summed E-state index contributed by atoms with van der Waals surface area (Å²) in [4.78, 5) is 23.4. The molecular weight excluding hydrogens is 508 g/mol. The van der Waals surface area contributed by atoms with Gasteiger partial charge in [-0.05, 0) is 71.0 Å². The van der Waals surface area contributed by atoms with E-state index in [-0.39, 0.29) is 36.0 Å². The average molecular weight is 540 g/mol. The minimum absolute atomic E-state index is 0.0897. The predicted molar refractivity (Wildman–Crippen MR) is 134 cm³/mol. The Hall–Kier alpha value is -3.41. The number of benzene rings is 2. The van der Waals surface area contributed by atoms with Gasteiger partial charge in [0.15, 0.2) is 11.6 Å². The lowest BCUT2D eigenvalue weighted by molar-refractivity contribution is -0.120. The summed E-state index contributed by atoms with van der Waals surface area (Å²) in [6.07, 6.45) is -1.19. The summed E-state index contributed by atoms with van der Waals surface area (Å²) < 4.78 is 67.1. The van der Waals surface area contributed by atoms with Crippen molar-refractivity contribution in [3.05, 3.63) is 48.0 Å². The Morgan fingerprint density at radius 2 is 1.76 bits per heavy atom. The van der Waals surface area contributed by atoms with Gasteiger partial charge in [-0.15, -0.1) is 0 Å². The molecule has 1 heterocycles. The van der Waals surface area contributed by atoms with Gasteiger partial charge in [-0.3, -0.25) is 14.4 Å². The second-order valence-electron chi connectivity index (χ2n) is 10.4. The van der Waals surface area contributed by atoms with Gasteiger partial charge in [0.25, 0.3) is 10.0 Å². The van der Waals surface area contributed by atoms with E-state index in [0.717, 1.165) is 16.4 Å². The standard InChI is InChI=1S/C25H31F2N3O6S/c1-15(31)29-25(5,6)13-17-14-30(37(33,34)18-8-9-19(26)20(27)12-18)21-11-16(7-10-22(21)35-17)28-23(32)36-24(2,3)4/h7-12,17H,13-14H2,1-6H3,(H,28,32)(H,29,31). The first-order valence-electron chi connectivity index (χ1n) is 11.5. The van der Waals surface area contributed by atoms with Crippen molar-refractivity contribution in [2.24, 2.45) is 0 Å². The number of carbonyl (C=O) groups excluding carboxylic acids is 2. The van der Waals surface area contributed by atoms with Gasteiger partial charge < -0.3 is 14.8 Å². The zero-order valence-electron chi connectivity index (χ0n) is 21.5.